The Labute approximate surface area is 324 Å². The minimum absolute atomic E-state index is 0.128. The van der Waals surface area contributed by atoms with Gasteiger partial charge in [-0.1, -0.05) is 152 Å². The molecule has 2 fully saturated rings. The molecule has 2 aliphatic heterocycles. The second kappa shape index (κ2) is 20.6. The fourth-order valence-electron chi connectivity index (χ4n) is 6.85. The Balaban J connectivity index is 1.09. The summed E-state index contributed by atoms with van der Waals surface area (Å²) in [6, 6.07) is 50.3. The minimum atomic E-state index is -0.793. The predicted octanol–water partition coefficient (Wildman–Crippen LogP) is 7.66. The summed E-state index contributed by atoms with van der Waals surface area (Å²) in [5.41, 5.74) is 5.22. The lowest BCUT2D eigenvalue weighted by molar-refractivity contribution is -0.212. The number of ether oxygens (including phenoxy) is 9. The van der Waals surface area contributed by atoms with Crippen molar-refractivity contribution in [2.45, 2.75) is 82.2 Å². The van der Waals surface area contributed by atoms with E-state index in [9.17, 15) is 0 Å². The maximum absolute atomic E-state index is 6.66. The average molecular weight is 747 g/mol. The Kier molecular flexibility index (Phi) is 14.6. The molecule has 9 nitrogen and oxygen atoms in total. The molecule has 0 N–H and O–H groups in total. The van der Waals surface area contributed by atoms with Crippen LogP contribution in [-0.2, 0) is 75.7 Å². The van der Waals surface area contributed by atoms with Crippen LogP contribution in [0.2, 0.25) is 0 Å². The summed E-state index contributed by atoms with van der Waals surface area (Å²) in [6.07, 6.45) is -4.57. The van der Waals surface area contributed by atoms with Crippen molar-refractivity contribution in [3.8, 4) is 0 Å². The van der Waals surface area contributed by atoms with Gasteiger partial charge in [0, 0.05) is 7.11 Å². The highest BCUT2D eigenvalue weighted by atomic mass is 16.8. The number of hydrogen-bond acceptors (Lipinski definition) is 9. The molecular weight excluding hydrogens is 696 g/mol. The highest BCUT2D eigenvalue weighted by Gasteiger charge is 2.50. The Morgan fingerprint density at radius 1 is 0.364 bits per heavy atom. The summed E-state index contributed by atoms with van der Waals surface area (Å²) in [7, 11) is 1.61. The van der Waals surface area contributed by atoms with Crippen LogP contribution in [0, 0.1) is 0 Å². The van der Waals surface area contributed by atoms with Gasteiger partial charge in [0.25, 0.3) is 0 Å². The number of hydrogen-bond donors (Lipinski definition) is 0. The molecule has 2 saturated heterocycles. The smallest absolute Gasteiger partial charge is 0.187 e. The normalized spacial score (nSPS) is 25.0. The molecule has 2 aliphatic rings. The molecule has 2 heterocycles. The van der Waals surface area contributed by atoms with Crippen molar-refractivity contribution in [2.24, 2.45) is 0 Å². The molecule has 0 aromatic heterocycles. The Bertz CT molecular complexity index is 1780. The van der Waals surface area contributed by atoms with Crippen molar-refractivity contribution >= 4 is 0 Å². The highest BCUT2D eigenvalue weighted by Crippen LogP contribution is 2.33. The molecule has 0 saturated carbocycles. The highest BCUT2D eigenvalue weighted by molar-refractivity contribution is 5.17. The largest absolute Gasteiger partial charge is 0.374 e. The van der Waals surface area contributed by atoms with Gasteiger partial charge < -0.3 is 42.6 Å². The molecule has 0 amide bonds. The van der Waals surface area contributed by atoms with Crippen LogP contribution in [-0.4, -0.2) is 69.5 Å². The van der Waals surface area contributed by atoms with Gasteiger partial charge in [0.05, 0.1) is 46.2 Å². The van der Waals surface area contributed by atoms with Crippen molar-refractivity contribution in [3.05, 3.63) is 179 Å². The van der Waals surface area contributed by atoms with E-state index in [1.807, 2.05) is 152 Å². The monoisotopic (exact) mass is 746 g/mol. The lowest BCUT2D eigenvalue weighted by Crippen LogP contribution is -2.42. The van der Waals surface area contributed by atoms with E-state index in [-0.39, 0.29) is 13.2 Å². The van der Waals surface area contributed by atoms with Gasteiger partial charge in [0.1, 0.15) is 36.6 Å². The average Bonchev–Trinajstić information content (AvgIpc) is 3.77. The fraction of sp³-hybridized carbons (Fsp3) is 0.348. The minimum Gasteiger partial charge on any atom is -0.374 e. The van der Waals surface area contributed by atoms with Crippen molar-refractivity contribution in [1.82, 2.24) is 0 Å². The maximum atomic E-state index is 6.66. The molecule has 5 aromatic carbocycles. The third-order valence-corrected chi connectivity index (χ3v) is 9.73. The van der Waals surface area contributed by atoms with Crippen LogP contribution in [0.4, 0.5) is 0 Å². The third kappa shape index (κ3) is 11.2. The summed E-state index contributed by atoms with van der Waals surface area (Å²) in [5, 5.41) is 0. The van der Waals surface area contributed by atoms with Gasteiger partial charge in [-0.15, -0.1) is 0 Å². The molecule has 288 valence electrons. The SMILES string of the molecule is CO[C@H]1O[C@H](CO[C@@H]2O[C@H](COCc3ccccc3)[C@@H](OCc3ccccc3)[C@@H]2OCc2ccccc2)[C@@H](OCc2ccccc2)[C@@H]1OCc1ccccc1. The first-order valence-corrected chi connectivity index (χ1v) is 18.9. The zero-order valence-electron chi connectivity index (χ0n) is 31.2. The van der Waals surface area contributed by atoms with Crippen LogP contribution in [0.3, 0.4) is 0 Å². The van der Waals surface area contributed by atoms with E-state index in [2.05, 4.69) is 0 Å². The first-order chi connectivity index (χ1) is 27.2. The second-order valence-electron chi connectivity index (χ2n) is 13.7. The summed E-state index contributed by atoms with van der Waals surface area (Å²) in [5.74, 6) is 0. The molecule has 55 heavy (non-hydrogen) atoms. The summed E-state index contributed by atoms with van der Waals surface area (Å²) < 4.78 is 58.1. The third-order valence-electron chi connectivity index (χ3n) is 9.73. The van der Waals surface area contributed by atoms with E-state index < -0.39 is 49.2 Å². The van der Waals surface area contributed by atoms with E-state index in [4.69, 9.17) is 42.6 Å². The summed E-state index contributed by atoms with van der Waals surface area (Å²) >= 11 is 0. The van der Waals surface area contributed by atoms with Gasteiger partial charge in [-0.2, -0.15) is 0 Å². The molecule has 0 unspecified atom stereocenters. The van der Waals surface area contributed by atoms with Crippen LogP contribution >= 0.6 is 0 Å². The molecule has 0 spiro atoms. The van der Waals surface area contributed by atoms with E-state index in [1.54, 1.807) is 7.11 Å². The van der Waals surface area contributed by atoms with Crippen molar-refractivity contribution in [2.75, 3.05) is 20.3 Å². The molecular formula is C46H50O9. The molecule has 0 aliphatic carbocycles. The Morgan fingerprint density at radius 2 is 0.691 bits per heavy atom. The molecule has 0 radical (unpaired) electrons. The first kappa shape index (κ1) is 39.0. The standard InChI is InChI=1S/C46H50O9/c1-47-45-43(51-30-37-23-13-5-14-24-37)42(50-29-36-21-11-4-12-22-36)40(54-45)33-53-46-44(52-31-38-25-15-6-16-26-38)41(49-28-35-19-9-3-10-20-35)39(55-46)32-48-27-34-17-7-2-8-18-34/h2-26,39-46H,27-33H2,1H3/t39-,40-,41-,42-,43+,44+,45+,46-/m1/s1. The van der Waals surface area contributed by atoms with E-state index >= 15 is 0 Å². The van der Waals surface area contributed by atoms with Crippen molar-refractivity contribution < 1.29 is 42.6 Å². The predicted molar refractivity (Wildman–Crippen MR) is 206 cm³/mol. The summed E-state index contributed by atoms with van der Waals surface area (Å²) in [6.45, 7) is 2.31. The quantitative estimate of drug-likeness (QED) is 0.0798. The van der Waals surface area contributed by atoms with E-state index in [1.165, 1.54) is 0 Å². The van der Waals surface area contributed by atoms with Gasteiger partial charge in [-0.25, -0.2) is 0 Å². The van der Waals surface area contributed by atoms with E-state index in [0.717, 1.165) is 27.8 Å². The van der Waals surface area contributed by atoms with Crippen LogP contribution < -0.4 is 0 Å². The Morgan fingerprint density at radius 3 is 1.09 bits per heavy atom. The van der Waals surface area contributed by atoms with Crippen molar-refractivity contribution in [3.63, 3.8) is 0 Å². The fourth-order valence-corrected chi connectivity index (χ4v) is 6.85. The van der Waals surface area contributed by atoms with Gasteiger partial charge in [0.2, 0.25) is 0 Å². The molecule has 0 bridgehead atoms. The molecule has 7 rings (SSSR count). The van der Waals surface area contributed by atoms with Crippen molar-refractivity contribution in [1.29, 1.82) is 0 Å². The van der Waals surface area contributed by atoms with Crippen LogP contribution in [0.15, 0.2) is 152 Å². The van der Waals surface area contributed by atoms with Gasteiger partial charge in [-0.3, -0.25) is 0 Å². The Hall–Kier alpha value is -4.26. The second-order valence-corrected chi connectivity index (χ2v) is 13.7. The van der Waals surface area contributed by atoms with Crippen LogP contribution in [0.25, 0.3) is 0 Å². The number of methoxy groups -OCH3 is 1. The van der Waals surface area contributed by atoms with Crippen LogP contribution in [0.5, 0.6) is 0 Å². The zero-order valence-corrected chi connectivity index (χ0v) is 31.2. The topological polar surface area (TPSA) is 83.1 Å². The molecule has 9 heteroatoms. The lowest BCUT2D eigenvalue weighted by atomic mass is 10.1. The lowest BCUT2D eigenvalue weighted by Gasteiger charge is -2.27. The number of rotatable bonds is 20. The first-order valence-electron chi connectivity index (χ1n) is 18.9. The zero-order chi connectivity index (χ0) is 37.5. The molecule has 5 aromatic rings. The number of benzene rings is 5. The van der Waals surface area contributed by atoms with Gasteiger partial charge in [-0.05, 0) is 27.8 Å². The maximum Gasteiger partial charge on any atom is 0.187 e. The van der Waals surface area contributed by atoms with Gasteiger partial charge in [0.15, 0.2) is 12.6 Å². The van der Waals surface area contributed by atoms with Gasteiger partial charge >= 0.3 is 0 Å². The van der Waals surface area contributed by atoms with E-state index in [0.29, 0.717) is 33.0 Å². The molecule has 8 atom stereocenters. The summed E-state index contributed by atoms with van der Waals surface area (Å²) in [4.78, 5) is 0. The van der Waals surface area contributed by atoms with Crippen LogP contribution in [0.1, 0.15) is 27.8 Å².